The molecule has 0 aromatic heterocycles. The lowest BCUT2D eigenvalue weighted by molar-refractivity contribution is -0.131. The molecule has 1 saturated carbocycles. The fourth-order valence-corrected chi connectivity index (χ4v) is 2.57. The molecule has 1 heterocycles. The van der Waals surface area contributed by atoms with Gasteiger partial charge >= 0.3 is 6.03 Å². The van der Waals surface area contributed by atoms with Crippen molar-refractivity contribution in [1.82, 2.24) is 10.2 Å². The largest absolute Gasteiger partial charge is 0.340 e. The van der Waals surface area contributed by atoms with Crippen LogP contribution >= 0.6 is 0 Å². The molecule has 2 fully saturated rings. The molecule has 21 heavy (non-hydrogen) atoms. The number of hydrogen-bond donors (Lipinski definition) is 2. The van der Waals surface area contributed by atoms with E-state index in [1.54, 1.807) is 12.1 Å². The van der Waals surface area contributed by atoms with E-state index in [2.05, 4.69) is 10.6 Å². The van der Waals surface area contributed by atoms with E-state index in [4.69, 9.17) is 0 Å². The molecule has 0 unspecified atom stereocenters. The van der Waals surface area contributed by atoms with Gasteiger partial charge in [0.05, 0.1) is 5.69 Å². The predicted molar refractivity (Wildman–Crippen MR) is 76.3 cm³/mol. The van der Waals surface area contributed by atoms with E-state index in [1.807, 2.05) is 4.90 Å². The first-order chi connectivity index (χ1) is 10.1. The van der Waals surface area contributed by atoms with Crippen molar-refractivity contribution in [2.75, 3.05) is 18.4 Å². The number of benzene rings is 1. The molecule has 2 N–H and O–H groups in total. The van der Waals surface area contributed by atoms with E-state index in [1.165, 1.54) is 12.1 Å². The second-order valence-electron chi connectivity index (χ2n) is 5.62. The van der Waals surface area contributed by atoms with Gasteiger partial charge in [0.2, 0.25) is 5.91 Å². The second-order valence-corrected chi connectivity index (χ2v) is 5.62. The van der Waals surface area contributed by atoms with E-state index in [9.17, 15) is 14.0 Å². The maximum atomic E-state index is 13.4. The molecule has 1 aliphatic heterocycles. The Morgan fingerprint density at radius 1 is 1.19 bits per heavy atom. The number of urea groups is 1. The number of likely N-dealkylation sites (tertiary alicyclic amines) is 1. The zero-order valence-corrected chi connectivity index (χ0v) is 11.6. The molecular formula is C15H18FN3O2. The van der Waals surface area contributed by atoms with Crippen LogP contribution in [0.5, 0.6) is 0 Å². The molecular weight excluding hydrogens is 273 g/mol. The number of amides is 3. The van der Waals surface area contributed by atoms with Crippen molar-refractivity contribution < 1.29 is 14.0 Å². The number of nitrogens with zero attached hydrogens (tertiary/aromatic N) is 1. The minimum Gasteiger partial charge on any atom is -0.340 e. The van der Waals surface area contributed by atoms with Crippen LogP contribution in [-0.4, -0.2) is 36.0 Å². The molecule has 0 bridgehead atoms. The number of anilines is 1. The first kappa shape index (κ1) is 13.9. The monoisotopic (exact) mass is 291 g/mol. The number of halogens is 1. The molecule has 1 aromatic rings. The highest BCUT2D eigenvalue weighted by molar-refractivity contribution is 5.89. The fourth-order valence-electron chi connectivity index (χ4n) is 2.57. The number of nitrogens with one attached hydrogen (secondary N) is 2. The molecule has 2 aliphatic rings. The van der Waals surface area contributed by atoms with E-state index in [0.717, 1.165) is 19.3 Å². The maximum Gasteiger partial charge on any atom is 0.319 e. The summed E-state index contributed by atoms with van der Waals surface area (Å²) >= 11 is 0. The van der Waals surface area contributed by atoms with Crippen LogP contribution in [-0.2, 0) is 4.79 Å². The van der Waals surface area contributed by atoms with Crippen molar-refractivity contribution >= 4 is 17.6 Å². The third-order valence-corrected chi connectivity index (χ3v) is 3.88. The van der Waals surface area contributed by atoms with Gasteiger partial charge in [-0.25, -0.2) is 9.18 Å². The van der Waals surface area contributed by atoms with Crippen LogP contribution in [0.15, 0.2) is 24.3 Å². The summed E-state index contributed by atoms with van der Waals surface area (Å²) in [6.45, 7) is 1.22. The Kier molecular flexibility index (Phi) is 3.77. The van der Waals surface area contributed by atoms with Gasteiger partial charge in [-0.05, 0) is 31.4 Å². The van der Waals surface area contributed by atoms with Gasteiger partial charge < -0.3 is 15.5 Å². The quantitative estimate of drug-likeness (QED) is 0.894. The van der Waals surface area contributed by atoms with E-state index in [-0.39, 0.29) is 23.6 Å². The number of carbonyl (C=O) groups is 2. The summed E-state index contributed by atoms with van der Waals surface area (Å²) in [5, 5.41) is 5.28. The Hall–Kier alpha value is -2.11. The Labute approximate surface area is 122 Å². The van der Waals surface area contributed by atoms with Crippen LogP contribution in [0.25, 0.3) is 0 Å². The fraction of sp³-hybridized carbons (Fsp3) is 0.467. The zero-order valence-electron chi connectivity index (χ0n) is 11.6. The molecule has 3 rings (SSSR count). The van der Waals surface area contributed by atoms with Gasteiger partial charge in [0.1, 0.15) is 5.82 Å². The van der Waals surface area contributed by atoms with Crippen LogP contribution in [0.2, 0.25) is 0 Å². The molecule has 3 amide bonds. The highest BCUT2D eigenvalue weighted by Gasteiger charge is 2.36. The molecule has 0 radical (unpaired) electrons. The average molecular weight is 291 g/mol. The Balaban J connectivity index is 1.49. The predicted octanol–water partition coefficient (Wildman–Crippen LogP) is 1.96. The zero-order chi connectivity index (χ0) is 14.8. The van der Waals surface area contributed by atoms with Gasteiger partial charge in [-0.3, -0.25) is 4.79 Å². The first-order valence-corrected chi connectivity index (χ1v) is 7.24. The molecule has 6 heteroatoms. The third-order valence-electron chi connectivity index (χ3n) is 3.88. The van der Waals surface area contributed by atoms with E-state index >= 15 is 0 Å². The van der Waals surface area contributed by atoms with Gasteiger partial charge in [-0.1, -0.05) is 12.1 Å². The van der Waals surface area contributed by atoms with Gasteiger partial charge in [0.15, 0.2) is 0 Å². The Morgan fingerprint density at radius 3 is 2.67 bits per heavy atom. The molecule has 112 valence electrons. The van der Waals surface area contributed by atoms with Crippen LogP contribution in [0.1, 0.15) is 19.3 Å². The van der Waals surface area contributed by atoms with Crippen LogP contribution in [0, 0.1) is 11.7 Å². The third kappa shape index (κ3) is 3.32. The number of para-hydroxylation sites is 1. The average Bonchev–Trinajstić information content (AvgIpc) is 3.21. The highest BCUT2D eigenvalue weighted by atomic mass is 19.1. The minimum absolute atomic E-state index is 0.0699. The summed E-state index contributed by atoms with van der Waals surface area (Å²) < 4.78 is 13.4. The Morgan fingerprint density at radius 2 is 1.95 bits per heavy atom. The number of rotatable bonds is 3. The minimum atomic E-state index is -0.468. The van der Waals surface area contributed by atoms with Gasteiger partial charge in [-0.15, -0.1) is 0 Å². The lowest BCUT2D eigenvalue weighted by Gasteiger charge is -2.17. The van der Waals surface area contributed by atoms with Gasteiger partial charge in [0.25, 0.3) is 0 Å². The topological polar surface area (TPSA) is 61.4 Å². The van der Waals surface area contributed by atoms with Crippen molar-refractivity contribution in [3.63, 3.8) is 0 Å². The summed E-state index contributed by atoms with van der Waals surface area (Å²) in [6, 6.07) is 5.51. The summed E-state index contributed by atoms with van der Waals surface area (Å²) in [7, 11) is 0. The lowest BCUT2D eigenvalue weighted by atomic mass is 10.2. The summed E-state index contributed by atoms with van der Waals surface area (Å²) in [5.41, 5.74) is 0.152. The normalized spacial score (nSPS) is 21.2. The van der Waals surface area contributed by atoms with Crippen LogP contribution in [0.4, 0.5) is 14.9 Å². The maximum absolute atomic E-state index is 13.4. The SMILES string of the molecule is O=C(Nc1ccccc1F)N[C@H]1CCN(C(=O)C2CC2)C1. The summed E-state index contributed by atoms with van der Waals surface area (Å²) in [4.78, 5) is 25.6. The van der Waals surface area contributed by atoms with Crippen molar-refractivity contribution in [1.29, 1.82) is 0 Å². The van der Waals surface area contributed by atoms with Crippen LogP contribution in [0.3, 0.4) is 0 Å². The standard InChI is InChI=1S/C15H18FN3O2/c16-12-3-1-2-4-13(12)18-15(21)17-11-7-8-19(9-11)14(20)10-5-6-10/h1-4,10-11H,5-9H2,(H2,17,18,21)/t11-/m0/s1. The number of hydrogen-bond acceptors (Lipinski definition) is 2. The van der Waals surface area contributed by atoms with E-state index < -0.39 is 11.8 Å². The van der Waals surface area contributed by atoms with E-state index in [0.29, 0.717) is 13.1 Å². The van der Waals surface area contributed by atoms with Crippen molar-refractivity contribution in [3.05, 3.63) is 30.1 Å². The Bertz CT molecular complexity index is 560. The van der Waals surface area contributed by atoms with Crippen LogP contribution < -0.4 is 10.6 Å². The lowest BCUT2D eigenvalue weighted by Crippen LogP contribution is -2.41. The van der Waals surface area contributed by atoms with Crippen molar-refractivity contribution in [3.8, 4) is 0 Å². The summed E-state index contributed by atoms with van der Waals surface area (Å²) in [5.74, 6) is -0.0607. The number of carbonyl (C=O) groups excluding carboxylic acids is 2. The highest BCUT2D eigenvalue weighted by Crippen LogP contribution is 2.32. The van der Waals surface area contributed by atoms with Crippen molar-refractivity contribution in [2.24, 2.45) is 5.92 Å². The molecule has 0 spiro atoms. The van der Waals surface area contributed by atoms with Gasteiger partial charge in [-0.2, -0.15) is 0 Å². The smallest absolute Gasteiger partial charge is 0.319 e. The van der Waals surface area contributed by atoms with Gasteiger partial charge in [0, 0.05) is 25.0 Å². The summed E-state index contributed by atoms with van der Waals surface area (Å²) in [6.07, 6.45) is 2.71. The second kappa shape index (κ2) is 5.71. The van der Waals surface area contributed by atoms with Crippen molar-refractivity contribution in [2.45, 2.75) is 25.3 Å². The molecule has 5 nitrogen and oxygen atoms in total. The first-order valence-electron chi connectivity index (χ1n) is 7.24. The molecule has 1 aromatic carbocycles. The molecule has 1 saturated heterocycles. The molecule has 1 atom stereocenters. The molecule has 1 aliphatic carbocycles.